The SMILES string of the molecule is CCC(C)NC(=O)CCNC(=O)c1ccc(Cl)c(S(=O)(=O)NC(C)(C)C)c1. The maximum atomic E-state index is 12.5. The van der Waals surface area contributed by atoms with Gasteiger partial charge in [-0.3, -0.25) is 9.59 Å². The van der Waals surface area contributed by atoms with Crippen molar-refractivity contribution >= 4 is 33.4 Å². The molecule has 1 aromatic carbocycles. The lowest BCUT2D eigenvalue weighted by Gasteiger charge is -2.21. The Labute approximate surface area is 166 Å². The third kappa shape index (κ3) is 7.86. The lowest BCUT2D eigenvalue weighted by atomic mass is 10.1. The standard InChI is InChI=1S/C18H28ClN3O4S/c1-6-12(2)21-16(23)9-10-20-17(24)13-7-8-14(19)15(11-13)27(25,26)22-18(3,4)5/h7-8,11-12,22H,6,9-10H2,1-5H3,(H,20,24)(H,21,23). The van der Waals surface area contributed by atoms with Gasteiger partial charge in [0.15, 0.2) is 0 Å². The molecule has 0 aliphatic rings. The minimum Gasteiger partial charge on any atom is -0.354 e. The van der Waals surface area contributed by atoms with E-state index in [0.29, 0.717) is 0 Å². The number of carbonyl (C=O) groups is 2. The number of rotatable bonds is 8. The second-order valence-electron chi connectivity index (χ2n) is 7.38. The summed E-state index contributed by atoms with van der Waals surface area (Å²) in [7, 11) is -3.88. The van der Waals surface area contributed by atoms with Gasteiger partial charge in [-0.05, 0) is 52.3 Å². The van der Waals surface area contributed by atoms with E-state index in [4.69, 9.17) is 11.6 Å². The predicted octanol–water partition coefficient (Wildman–Crippen LogP) is 2.45. The van der Waals surface area contributed by atoms with Crippen LogP contribution in [0.3, 0.4) is 0 Å². The predicted molar refractivity (Wildman–Crippen MR) is 106 cm³/mol. The number of amides is 2. The highest BCUT2D eigenvalue weighted by Gasteiger charge is 2.25. The summed E-state index contributed by atoms with van der Waals surface area (Å²) in [4.78, 5) is 23.8. The molecule has 0 bridgehead atoms. The van der Waals surface area contributed by atoms with Crippen molar-refractivity contribution in [3.8, 4) is 0 Å². The second-order valence-corrected chi connectivity index (χ2v) is 9.44. The quantitative estimate of drug-likeness (QED) is 0.604. The molecule has 0 spiro atoms. The lowest BCUT2D eigenvalue weighted by Crippen LogP contribution is -2.40. The summed E-state index contributed by atoms with van der Waals surface area (Å²) in [6.45, 7) is 9.13. The molecule has 152 valence electrons. The largest absolute Gasteiger partial charge is 0.354 e. The number of hydrogen-bond acceptors (Lipinski definition) is 4. The van der Waals surface area contributed by atoms with Gasteiger partial charge in [0.2, 0.25) is 15.9 Å². The first-order chi connectivity index (χ1) is 12.4. The minimum absolute atomic E-state index is 0.0243. The average molecular weight is 418 g/mol. The maximum absolute atomic E-state index is 12.5. The molecule has 3 N–H and O–H groups in total. The van der Waals surface area contributed by atoms with E-state index in [1.807, 2.05) is 13.8 Å². The van der Waals surface area contributed by atoms with E-state index in [-0.39, 0.29) is 40.4 Å². The van der Waals surface area contributed by atoms with E-state index < -0.39 is 21.5 Å². The van der Waals surface area contributed by atoms with Crippen LogP contribution in [0.25, 0.3) is 0 Å². The molecule has 1 aromatic rings. The second kappa shape index (κ2) is 9.52. The summed E-state index contributed by atoms with van der Waals surface area (Å²) in [6.07, 6.45) is 0.961. The van der Waals surface area contributed by atoms with Crippen molar-refractivity contribution in [1.82, 2.24) is 15.4 Å². The minimum atomic E-state index is -3.88. The fourth-order valence-corrected chi connectivity index (χ4v) is 4.09. The van der Waals surface area contributed by atoms with Gasteiger partial charge in [0.1, 0.15) is 4.90 Å². The fourth-order valence-electron chi connectivity index (χ4n) is 2.15. The van der Waals surface area contributed by atoms with Crippen LogP contribution in [-0.2, 0) is 14.8 Å². The Bertz CT molecular complexity index is 788. The van der Waals surface area contributed by atoms with Gasteiger partial charge in [-0.15, -0.1) is 0 Å². The van der Waals surface area contributed by atoms with Crippen LogP contribution in [-0.4, -0.2) is 38.4 Å². The zero-order valence-corrected chi connectivity index (χ0v) is 17.9. The van der Waals surface area contributed by atoms with Crippen LogP contribution in [0, 0.1) is 0 Å². The van der Waals surface area contributed by atoms with Crippen molar-refractivity contribution in [2.45, 2.75) is 63.9 Å². The maximum Gasteiger partial charge on any atom is 0.251 e. The van der Waals surface area contributed by atoms with E-state index in [1.165, 1.54) is 18.2 Å². The van der Waals surface area contributed by atoms with E-state index in [2.05, 4.69) is 15.4 Å². The number of carbonyl (C=O) groups excluding carboxylic acids is 2. The van der Waals surface area contributed by atoms with Gasteiger partial charge in [-0.2, -0.15) is 0 Å². The zero-order chi connectivity index (χ0) is 20.8. The van der Waals surface area contributed by atoms with Crippen molar-refractivity contribution in [3.05, 3.63) is 28.8 Å². The van der Waals surface area contributed by atoms with Gasteiger partial charge in [-0.1, -0.05) is 18.5 Å². The summed E-state index contributed by atoms with van der Waals surface area (Å²) in [5.41, 5.74) is -0.542. The van der Waals surface area contributed by atoms with Crippen molar-refractivity contribution in [3.63, 3.8) is 0 Å². The number of sulfonamides is 1. The van der Waals surface area contributed by atoms with Gasteiger partial charge >= 0.3 is 0 Å². The first kappa shape index (κ1) is 23.4. The van der Waals surface area contributed by atoms with Crippen molar-refractivity contribution < 1.29 is 18.0 Å². The molecule has 0 fully saturated rings. The molecule has 7 nitrogen and oxygen atoms in total. The molecule has 1 unspecified atom stereocenters. The van der Waals surface area contributed by atoms with Gasteiger partial charge in [0.05, 0.1) is 5.02 Å². The van der Waals surface area contributed by atoms with Crippen LogP contribution in [0.15, 0.2) is 23.1 Å². The van der Waals surface area contributed by atoms with Crippen LogP contribution in [0.1, 0.15) is 57.8 Å². The normalized spacial score (nSPS) is 13.1. The molecular formula is C18H28ClN3O4S. The first-order valence-corrected chi connectivity index (χ1v) is 10.6. The molecule has 9 heteroatoms. The molecule has 2 amide bonds. The van der Waals surface area contributed by atoms with Crippen LogP contribution in [0.2, 0.25) is 5.02 Å². The van der Waals surface area contributed by atoms with Crippen molar-refractivity contribution in [2.24, 2.45) is 0 Å². The third-order valence-electron chi connectivity index (χ3n) is 3.58. The van der Waals surface area contributed by atoms with Crippen LogP contribution >= 0.6 is 11.6 Å². The number of nitrogens with one attached hydrogen (secondary N) is 3. The monoisotopic (exact) mass is 417 g/mol. The highest BCUT2D eigenvalue weighted by molar-refractivity contribution is 7.89. The zero-order valence-electron chi connectivity index (χ0n) is 16.3. The Morgan fingerprint density at radius 3 is 2.41 bits per heavy atom. The third-order valence-corrected chi connectivity index (χ3v) is 5.82. The Kier molecular flexibility index (Phi) is 8.25. The van der Waals surface area contributed by atoms with E-state index in [1.54, 1.807) is 20.8 Å². The van der Waals surface area contributed by atoms with E-state index in [9.17, 15) is 18.0 Å². The summed E-state index contributed by atoms with van der Waals surface area (Å²) in [5, 5.41) is 5.44. The first-order valence-electron chi connectivity index (χ1n) is 8.77. The molecule has 0 saturated carbocycles. The summed E-state index contributed by atoms with van der Waals surface area (Å²) < 4.78 is 27.5. The molecular weight excluding hydrogens is 390 g/mol. The molecule has 0 aliphatic heterocycles. The number of benzene rings is 1. The van der Waals surface area contributed by atoms with Crippen LogP contribution in [0.4, 0.5) is 0 Å². The Morgan fingerprint density at radius 1 is 1.22 bits per heavy atom. The molecule has 1 atom stereocenters. The van der Waals surface area contributed by atoms with Gasteiger partial charge < -0.3 is 10.6 Å². The fraction of sp³-hybridized carbons (Fsp3) is 0.556. The number of hydrogen-bond donors (Lipinski definition) is 3. The highest BCUT2D eigenvalue weighted by Crippen LogP contribution is 2.24. The summed E-state index contributed by atoms with van der Waals surface area (Å²) in [5.74, 6) is -0.631. The van der Waals surface area contributed by atoms with E-state index in [0.717, 1.165) is 6.42 Å². The topological polar surface area (TPSA) is 104 Å². The molecule has 0 aromatic heterocycles. The van der Waals surface area contributed by atoms with Crippen LogP contribution in [0.5, 0.6) is 0 Å². The highest BCUT2D eigenvalue weighted by atomic mass is 35.5. The molecule has 27 heavy (non-hydrogen) atoms. The summed E-state index contributed by atoms with van der Waals surface area (Å²) >= 11 is 6.02. The molecule has 1 rings (SSSR count). The van der Waals surface area contributed by atoms with Crippen LogP contribution < -0.4 is 15.4 Å². The lowest BCUT2D eigenvalue weighted by molar-refractivity contribution is -0.121. The molecule has 0 heterocycles. The molecule has 0 radical (unpaired) electrons. The molecule has 0 saturated heterocycles. The number of halogens is 1. The van der Waals surface area contributed by atoms with E-state index >= 15 is 0 Å². The van der Waals surface area contributed by atoms with Crippen molar-refractivity contribution in [1.29, 1.82) is 0 Å². The van der Waals surface area contributed by atoms with Gasteiger partial charge in [0.25, 0.3) is 5.91 Å². The Balaban J connectivity index is 2.81. The Hall–Kier alpha value is -1.64. The van der Waals surface area contributed by atoms with Gasteiger partial charge in [0, 0.05) is 30.1 Å². The smallest absolute Gasteiger partial charge is 0.251 e. The molecule has 0 aliphatic carbocycles. The van der Waals surface area contributed by atoms with Crippen molar-refractivity contribution in [2.75, 3.05) is 6.54 Å². The average Bonchev–Trinajstić information content (AvgIpc) is 2.52. The van der Waals surface area contributed by atoms with Gasteiger partial charge in [-0.25, -0.2) is 13.1 Å². The Morgan fingerprint density at radius 2 is 1.85 bits per heavy atom. The summed E-state index contributed by atoms with van der Waals surface area (Å²) in [6, 6.07) is 4.11.